The maximum atomic E-state index is 13.4. The molecule has 1 heterocycles. The zero-order valence-corrected chi connectivity index (χ0v) is 12.5. The second-order valence-electron chi connectivity index (χ2n) is 4.16. The van der Waals surface area contributed by atoms with Gasteiger partial charge in [-0.25, -0.2) is 13.8 Å². The molecule has 0 radical (unpaired) electrons. The van der Waals surface area contributed by atoms with E-state index in [0.717, 1.165) is 24.4 Å². The van der Waals surface area contributed by atoms with E-state index in [0.29, 0.717) is 17.4 Å². The van der Waals surface area contributed by atoms with E-state index in [1.165, 1.54) is 11.3 Å². The first kappa shape index (κ1) is 16.0. The Kier molecular flexibility index (Phi) is 5.54. The molecule has 0 bridgehead atoms. The van der Waals surface area contributed by atoms with Crippen molar-refractivity contribution in [3.8, 4) is 0 Å². The normalized spacial score (nSPS) is 10.9. The highest BCUT2D eigenvalue weighted by molar-refractivity contribution is 7.13. The van der Waals surface area contributed by atoms with E-state index in [4.69, 9.17) is 4.74 Å². The molecule has 0 aliphatic rings. The van der Waals surface area contributed by atoms with Crippen LogP contribution in [-0.2, 0) is 16.0 Å². The standard InChI is InChI=1S/C14H13F2N3O2S/c1-2-21-13(20)6-11-8-22-14(18-11)19-17-7-9-5-10(15)3-4-12(9)16/h3-5,7-8H,2,6H2,1H3,(H,18,19). The Morgan fingerprint density at radius 1 is 1.50 bits per heavy atom. The predicted molar refractivity (Wildman–Crippen MR) is 80.0 cm³/mol. The van der Waals surface area contributed by atoms with Crippen molar-refractivity contribution in [3.63, 3.8) is 0 Å². The summed E-state index contributed by atoms with van der Waals surface area (Å²) >= 11 is 1.24. The van der Waals surface area contributed by atoms with Gasteiger partial charge in [0.05, 0.1) is 24.9 Å². The summed E-state index contributed by atoms with van der Waals surface area (Å²) in [6.45, 7) is 2.05. The van der Waals surface area contributed by atoms with Crippen LogP contribution in [0, 0.1) is 11.6 Å². The van der Waals surface area contributed by atoms with Crippen LogP contribution in [0.3, 0.4) is 0 Å². The van der Waals surface area contributed by atoms with Gasteiger partial charge >= 0.3 is 5.97 Å². The number of halogens is 2. The van der Waals surface area contributed by atoms with Gasteiger partial charge in [-0.3, -0.25) is 10.2 Å². The number of nitrogens with one attached hydrogen (secondary N) is 1. The number of hydrogen-bond donors (Lipinski definition) is 1. The number of anilines is 1. The molecule has 116 valence electrons. The molecule has 1 aromatic heterocycles. The molecule has 8 heteroatoms. The summed E-state index contributed by atoms with van der Waals surface area (Å²) in [7, 11) is 0. The summed E-state index contributed by atoms with van der Waals surface area (Å²) in [5, 5.41) is 5.92. The third kappa shape index (κ3) is 4.59. The van der Waals surface area contributed by atoms with E-state index >= 15 is 0 Å². The van der Waals surface area contributed by atoms with Gasteiger partial charge in [-0.2, -0.15) is 5.10 Å². The van der Waals surface area contributed by atoms with Gasteiger partial charge in [-0.05, 0) is 25.1 Å². The van der Waals surface area contributed by atoms with E-state index in [1.807, 2.05) is 0 Å². The number of ether oxygens (including phenoxy) is 1. The molecule has 0 saturated heterocycles. The second kappa shape index (κ2) is 7.60. The molecule has 2 aromatic rings. The molecular weight excluding hydrogens is 312 g/mol. The second-order valence-corrected chi connectivity index (χ2v) is 5.02. The van der Waals surface area contributed by atoms with Gasteiger partial charge in [0, 0.05) is 10.9 Å². The minimum Gasteiger partial charge on any atom is -0.466 e. The van der Waals surface area contributed by atoms with Crippen LogP contribution in [0.25, 0.3) is 0 Å². The van der Waals surface area contributed by atoms with Crippen LogP contribution in [0.2, 0.25) is 0 Å². The average Bonchev–Trinajstić information content (AvgIpc) is 2.90. The fraction of sp³-hybridized carbons (Fsp3) is 0.214. The molecule has 2 rings (SSSR count). The summed E-state index contributed by atoms with van der Waals surface area (Å²) in [5.41, 5.74) is 3.18. The minimum atomic E-state index is -0.575. The lowest BCUT2D eigenvalue weighted by atomic mass is 10.2. The number of hydrazone groups is 1. The molecule has 0 atom stereocenters. The molecule has 0 amide bonds. The van der Waals surface area contributed by atoms with Crippen molar-refractivity contribution in [2.24, 2.45) is 5.10 Å². The lowest BCUT2D eigenvalue weighted by Gasteiger charge is -1.98. The number of hydrogen-bond acceptors (Lipinski definition) is 6. The Balaban J connectivity index is 1.94. The van der Waals surface area contributed by atoms with Crippen molar-refractivity contribution >= 4 is 28.7 Å². The number of aromatic nitrogens is 1. The first-order valence-electron chi connectivity index (χ1n) is 6.42. The van der Waals surface area contributed by atoms with Crippen LogP contribution < -0.4 is 5.43 Å². The Hall–Kier alpha value is -2.35. The maximum Gasteiger partial charge on any atom is 0.311 e. The highest BCUT2D eigenvalue weighted by atomic mass is 32.1. The summed E-state index contributed by atoms with van der Waals surface area (Å²) < 4.78 is 31.2. The SMILES string of the molecule is CCOC(=O)Cc1csc(NN=Cc2cc(F)ccc2F)n1. The topological polar surface area (TPSA) is 63.6 Å². The van der Waals surface area contributed by atoms with Gasteiger partial charge in [0.15, 0.2) is 0 Å². The fourth-order valence-electron chi connectivity index (χ4n) is 1.57. The van der Waals surface area contributed by atoms with Gasteiger partial charge in [0.2, 0.25) is 5.13 Å². The number of carbonyl (C=O) groups excluding carboxylic acids is 1. The van der Waals surface area contributed by atoms with Crippen molar-refractivity contribution in [3.05, 3.63) is 46.5 Å². The fourth-order valence-corrected chi connectivity index (χ4v) is 2.23. The summed E-state index contributed by atoms with van der Waals surface area (Å²) in [6, 6.07) is 3.09. The van der Waals surface area contributed by atoms with Crippen LogP contribution >= 0.6 is 11.3 Å². The molecule has 22 heavy (non-hydrogen) atoms. The van der Waals surface area contributed by atoms with Crippen LogP contribution in [0.15, 0.2) is 28.7 Å². The van der Waals surface area contributed by atoms with E-state index < -0.39 is 11.6 Å². The largest absolute Gasteiger partial charge is 0.466 e. The third-order valence-electron chi connectivity index (χ3n) is 2.50. The molecular formula is C14H13F2N3O2S. The molecule has 0 saturated carbocycles. The van der Waals surface area contributed by atoms with Gasteiger partial charge in [0.25, 0.3) is 0 Å². The number of benzene rings is 1. The minimum absolute atomic E-state index is 0.0239. The molecule has 0 spiro atoms. The van der Waals surface area contributed by atoms with E-state index in [9.17, 15) is 13.6 Å². The van der Waals surface area contributed by atoms with Crippen molar-refractivity contribution < 1.29 is 18.3 Å². The summed E-state index contributed by atoms with van der Waals surface area (Å²) in [4.78, 5) is 15.4. The Labute approximate surface area is 129 Å². The zero-order valence-electron chi connectivity index (χ0n) is 11.7. The third-order valence-corrected chi connectivity index (χ3v) is 3.30. The predicted octanol–water partition coefficient (Wildman–Crippen LogP) is 2.97. The summed E-state index contributed by atoms with van der Waals surface area (Å²) in [6.07, 6.45) is 1.24. The Morgan fingerprint density at radius 3 is 3.09 bits per heavy atom. The van der Waals surface area contributed by atoms with E-state index in [2.05, 4.69) is 15.5 Å². The Bertz CT molecular complexity index is 688. The van der Waals surface area contributed by atoms with E-state index in [-0.39, 0.29) is 18.0 Å². The Morgan fingerprint density at radius 2 is 2.32 bits per heavy atom. The van der Waals surface area contributed by atoms with Gasteiger partial charge in [-0.15, -0.1) is 11.3 Å². The lowest BCUT2D eigenvalue weighted by molar-refractivity contribution is -0.142. The molecule has 0 aliphatic heterocycles. The van der Waals surface area contributed by atoms with Gasteiger partial charge < -0.3 is 4.74 Å². The molecule has 0 fully saturated rings. The number of esters is 1. The number of carbonyl (C=O) groups is 1. The van der Waals surface area contributed by atoms with Crippen molar-refractivity contribution in [2.45, 2.75) is 13.3 Å². The molecule has 0 unspecified atom stereocenters. The van der Waals surface area contributed by atoms with Crippen LogP contribution in [-0.4, -0.2) is 23.8 Å². The number of nitrogens with zero attached hydrogens (tertiary/aromatic N) is 2. The quantitative estimate of drug-likeness (QED) is 0.504. The number of rotatable bonds is 6. The van der Waals surface area contributed by atoms with Gasteiger partial charge in [-0.1, -0.05) is 0 Å². The lowest BCUT2D eigenvalue weighted by Crippen LogP contribution is -2.07. The first-order chi connectivity index (χ1) is 10.6. The van der Waals surface area contributed by atoms with Gasteiger partial charge in [0.1, 0.15) is 11.6 Å². The molecule has 1 N–H and O–H groups in total. The van der Waals surface area contributed by atoms with Crippen LogP contribution in [0.1, 0.15) is 18.2 Å². The molecule has 5 nitrogen and oxygen atoms in total. The number of thiazole rings is 1. The average molecular weight is 325 g/mol. The van der Waals surface area contributed by atoms with E-state index in [1.54, 1.807) is 12.3 Å². The first-order valence-corrected chi connectivity index (χ1v) is 7.30. The highest BCUT2D eigenvalue weighted by Crippen LogP contribution is 2.16. The molecule has 1 aromatic carbocycles. The zero-order chi connectivity index (χ0) is 15.9. The van der Waals surface area contributed by atoms with Crippen molar-refractivity contribution in [1.82, 2.24) is 4.98 Å². The maximum absolute atomic E-state index is 13.4. The smallest absolute Gasteiger partial charge is 0.311 e. The van der Waals surface area contributed by atoms with Crippen LogP contribution in [0.4, 0.5) is 13.9 Å². The van der Waals surface area contributed by atoms with Crippen molar-refractivity contribution in [1.29, 1.82) is 0 Å². The highest BCUT2D eigenvalue weighted by Gasteiger charge is 2.08. The van der Waals surface area contributed by atoms with Crippen LogP contribution in [0.5, 0.6) is 0 Å². The monoisotopic (exact) mass is 325 g/mol. The van der Waals surface area contributed by atoms with Crippen molar-refractivity contribution in [2.75, 3.05) is 12.0 Å². The molecule has 0 aliphatic carbocycles. The summed E-state index contributed by atoms with van der Waals surface area (Å²) in [5.74, 6) is -1.48.